The first-order chi connectivity index (χ1) is 12.0. The van der Waals surface area contributed by atoms with Gasteiger partial charge in [-0.15, -0.1) is 0 Å². The van der Waals surface area contributed by atoms with Gasteiger partial charge in [0.05, 0.1) is 16.5 Å². The van der Waals surface area contributed by atoms with Gasteiger partial charge in [-0.1, -0.05) is 11.6 Å². The molecule has 1 heterocycles. The van der Waals surface area contributed by atoms with Gasteiger partial charge in [0, 0.05) is 23.8 Å². The lowest BCUT2D eigenvalue weighted by atomic mass is 10.0. The lowest BCUT2D eigenvalue weighted by molar-refractivity contribution is -0.142. The maximum Gasteiger partial charge on any atom is 0.319 e. The van der Waals surface area contributed by atoms with E-state index in [0.29, 0.717) is 18.7 Å². The van der Waals surface area contributed by atoms with Crippen molar-refractivity contribution < 1.29 is 19.5 Å². The number of nitrogens with one attached hydrogen (secondary N) is 2. The second-order valence-electron chi connectivity index (χ2n) is 7.50. The molecule has 3 amide bonds. The fourth-order valence-corrected chi connectivity index (χ4v) is 3.18. The van der Waals surface area contributed by atoms with Gasteiger partial charge in [0.15, 0.2) is 0 Å². The predicted octanol–water partition coefficient (Wildman–Crippen LogP) is 3.20. The summed E-state index contributed by atoms with van der Waals surface area (Å²) in [6.07, 6.45) is 0.409. The molecule has 1 aromatic carbocycles. The summed E-state index contributed by atoms with van der Waals surface area (Å²) in [5.74, 6) is -1.84. The predicted molar refractivity (Wildman–Crippen MR) is 99.6 cm³/mol. The van der Waals surface area contributed by atoms with Crippen LogP contribution in [-0.2, 0) is 4.79 Å². The van der Waals surface area contributed by atoms with E-state index in [1.807, 2.05) is 20.8 Å². The molecule has 0 aromatic heterocycles. The molecule has 0 radical (unpaired) electrons. The van der Waals surface area contributed by atoms with E-state index < -0.39 is 29.5 Å². The molecule has 2 unspecified atom stereocenters. The number of carbonyl (C=O) groups excluding carboxylic acids is 2. The average molecular weight is 382 g/mol. The van der Waals surface area contributed by atoms with Crippen molar-refractivity contribution >= 4 is 35.2 Å². The lowest BCUT2D eigenvalue weighted by Crippen LogP contribution is -2.43. The quantitative estimate of drug-likeness (QED) is 0.748. The molecule has 2 rings (SSSR count). The molecule has 142 valence electrons. The van der Waals surface area contributed by atoms with Crippen LogP contribution in [0.1, 0.15) is 44.5 Å². The van der Waals surface area contributed by atoms with Gasteiger partial charge >= 0.3 is 12.0 Å². The fraction of sp³-hybridized carbons (Fsp3) is 0.500. The lowest BCUT2D eigenvalue weighted by Gasteiger charge is -2.24. The van der Waals surface area contributed by atoms with Crippen molar-refractivity contribution in [2.45, 2.75) is 45.7 Å². The van der Waals surface area contributed by atoms with Crippen LogP contribution in [0.2, 0.25) is 5.02 Å². The third-order valence-corrected chi connectivity index (χ3v) is 4.61. The number of benzene rings is 1. The number of halogens is 1. The monoisotopic (exact) mass is 381 g/mol. The van der Waals surface area contributed by atoms with Crippen LogP contribution in [-0.4, -0.2) is 46.0 Å². The number of carboxylic acid groups (broad SMARTS) is 1. The summed E-state index contributed by atoms with van der Waals surface area (Å²) < 4.78 is 0. The van der Waals surface area contributed by atoms with Gasteiger partial charge in [0.2, 0.25) is 0 Å². The van der Waals surface area contributed by atoms with E-state index >= 15 is 0 Å². The highest BCUT2D eigenvalue weighted by Crippen LogP contribution is 2.29. The highest BCUT2D eigenvalue weighted by atomic mass is 35.5. The minimum atomic E-state index is -0.909. The minimum Gasteiger partial charge on any atom is -0.481 e. The third-order valence-electron chi connectivity index (χ3n) is 4.28. The van der Waals surface area contributed by atoms with Gasteiger partial charge in [-0.05, 0) is 52.3 Å². The zero-order valence-corrected chi connectivity index (χ0v) is 16.1. The van der Waals surface area contributed by atoms with E-state index in [4.69, 9.17) is 11.6 Å². The summed E-state index contributed by atoms with van der Waals surface area (Å²) in [7, 11) is 0. The molecule has 8 heteroatoms. The highest BCUT2D eigenvalue weighted by Gasteiger charge is 2.38. The normalized spacial score (nSPS) is 20.0. The molecule has 0 aliphatic carbocycles. The molecular formula is C18H24ClN3O4. The maximum atomic E-state index is 12.8. The Morgan fingerprint density at radius 3 is 2.46 bits per heavy atom. The summed E-state index contributed by atoms with van der Waals surface area (Å²) in [5.41, 5.74) is 0.269. The highest BCUT2D eigenvalue weighted by molar-refractivity contribution is 6.34. The van der Waals surface area contributed by atoms with Gasteiger partial charge in [-0.2, -0.15) is 0 Å². The first-order valence-electron chi connectivity index (χ1n) is 8.42. The molecule has 1 aliphatic rings. The number of rotatable bonds is 3. The Morgan fingerprint density at radius 1 is 1.27 bits per heavy atom. The summed E-state index contributed by atoms with van der Waals surface area (Å²) >= 11 is 6.17. The van der Waals surface area contributed by atoms with Crippen molar-refractivity contribution in [1.29, 1.82) is 0 Å². The van der Waals surface area contributed by atoms with Crippen LogP contribution in [0.15, 0.2) is 18.2 Å². The van der Waals surface area contributed by atoms with E-state index in [-0.39, 0.29) is 16.5 Å². The Balaban J connectivity index is 2.18. The molecule has 1 aromatic rings. The second-order valence-corrected chi connectivity index (χ2v) is 7.90. The zero-order chi connectivity index (χ0) is 19.6. The molecule has 1 fully saturated rings. The number of hydrogen-bond acceptors (Lipinski definition) is 3. The van der Waals surface area contributed by atoms with E-state index in [1.165, 1.54) is 17.0 Å². The molecular weight excluding hydrogens is 358 g/mol. The molecule has 26 heavy (non-hydrogen) atoms. The topological polar surface area (TPSA) is 98.7 Å². The van der Waals surface area contributed by atoms with Crippen molar-refractivity contribution in [3.05, 3.63) is 28.8 Å². The Bertz CT molecular complexity index is 730. The number of nitrogens with zero attached hydrogens (tertiary/aromatic N) is 1. The Morgan fingerprint density at radius 2 is 1.92 bits per heavy atom. The number of urea groups is 1. The van der Waals surface area contributed by atoms with E-state index in [9.17, 15) is 19.5 Å². The third kappa shape index (κ3) is 4.66. The minimum absolute atomic E-state index is 0.234. The number of aliphatic carboxylic acids is 1. The van der Waals surface area contributed by atoms with Crippen molar-refractivity contribution in [2.75, 3.05) is 11.9 Å². The smallest absolute Gasteiger partial charge is 0.319 e. The van der Waals surface area contributed by atoms with E-state index in [0.717, 1.165) is 0 Å². The number of carbonyl (C=O) groups is 3. The van der Waals surface area contributed by atoms with Crippen molar-refractivity contribution in [3.63, 3.8) is 0 Å². The van der Waals surface area contributed by atoms with Crippen molar-refractivity contribution in [1.82, 2.24) is 10.2 Å². The number of anilines is 1. The van der Waals surface area contributed by atoms with Crippen molar-refractivity contribution in [3.8, 4) is 0 Å². The number of amides is 3. The Hall–Kier alpha value is -2.28. The molecule has 1 saturated heterocycles. The standard InChI is InChI=1S/C18H24ClN3O4/c1-10-12(16(24)25)7-8-22(10)15(23)13-9-11(5-6-14(13)19)20-17(26)21-18(2,3)4/h5-6,9-10,12H,7-8H2,1-4H3,(H,24,25)(H2,20,21,26). The number of likely N-dealkylation sites (tertiary alicyclic amines) is 1. The SMILES string of the molecule is CC1C(C(=O)O)CCN1C(=O)c1cc(NC(=O)NC(C)(C)C)ccc1Cl. The van der Waals surface area contributed by atoms with Crippen molar-refractivity contribution in [2.24, 2.45) is 5.92 Å². The van der Waals surface area contributed by atoms with Gasteiger partial charge in [-0.3, -0.25) is 9.59 Å². The van der Waals surface area contributed by atoms with Crippen LogP contribution in [0.3, 0.4) is 0 Å². The van der Waals surface area contributed by atoms with Crippen LogP contribution >= 0.6 is 11.6 Å². The summed E-state index contributed by atoms with van der Waals surface area (Å²) in [5, 5.41) is 14.9. The summed E-state index contributed by atoms with van der Waals surface area (Å²) in [4.78, 5) is 37.6. The molecule has 0 bridgehead atoms. The number of hydrogen-bond donors (Lipinski definition) is 3. The Kier molecular flexibility index (Phi) is 5.81. The van der Waals surface area contributed by atoms with Gasteiger partial charge in [-0.25, -0.2) is 4.79 Å². The van der Waals surface area contributed by atoms with Crippen LogP contribution in [0.4, 0.5) is 10.5 Å². The molecule has 2 atom stereocenters. The van der Waals surface area contributed by atoms with Crippen LogP contribution in [0.25, 0.3) is 0 Å². The van der Waals surface area contributed by atoms with Gasteiger partial charge < -0.3 is 20.6 Å². The van der Waals surface area contributed by atoms with Gasteiger partial charge in [0.1, 0.15) is 0 Å². The van der Waals surface area contributed by atoms with Crippen LogP contribution in [0, 0.1) is 5.92 Å². The first kappa shape index (κ1) is 20.0. The average Bonchev–Trinajstić information content (AvgIpc) is 2.88. The molecule has 0 saturated carbocycles. The van der Waals surface area contributed by atoms with Gasteiger partial charge in [0.25, 0.3) is 5.91 Å². The molecule has 0 spiro atoms. The van der Waals surface area contributed by atoms with E-state index in [1.54, 1.807) is 13.0 Å². The van der Waals surface area contributed by atoms with Crippen LogP contribution < -0.4 is 10.6 Å². The Labute approximate surface area is 157 Å². The fourth-order valence-electron chi connectivity index (χ4n) is 2.98. The first-order valence-corrected chi connectivity index (χ1v) is 8.80. The largest absolute Gasteiger partial charge is 0.481 e. The molecule has 3 N–H and O–H groups in total. The van der Waals surface area contributed by atoms with Crippen LogP contribution in [0.5, 0.6) is 0 Å². The molecule has 7 nitrogen and oxygen atoms in total. The maximum absolute atomic E-state index is 12.8. The second kappa shape index (κ2) is 7.53. The summed E-state index contributed by atoms with van der Waals surface area (Å²) in [6.45, 7) is 7.65. The molecule has 1 aliphatic heterocycles. The van der Waals surface area contributed by atoms with E-state index in [2.05, 4.69) is 10.6 Å². The summed E-state index contributed by atoms with van der Waals surface area (Å²) in [6, 6.07) is 3.84. The number of carboxylic acids is 1. The zero-order valence-electron chi connectivity index (χ0n) is 15.3.